The van der Waals surface area contributed by atoms with E-state index in [1.165, 1.54) is 0 Å². The molecule has 0 saturated heterocycles. The Morgan fingerprint density at radius 3 is 1.21 bits per heavy atom. The molecular formula is C11H24RfW2. The predicted octanol–water partition coefficient (Wildman–Crippen LogP) is 4.12. The summed E-state index contributed by atoms with van der Waals surface area (Å²) in [6.45, 7) is 18.5. The van der Waals surface area contributed by atoms with Gasteiger partial charge in [-0.25, -0.2) is 0 Å². The molecule has 14 heavy (non-hydrogen) atoms. The topological polar surface area (TPSA) is 0 Å². The van der Waals surface area contributed by atoms with Crippen LogP contribution in [0.5, 0.6) is 0 Å². The van der Waals surface area contributed by atoms with Crippen molar-refractivity contribution < 1.29 is 42.1 Å². The summed E-state index contributed by atoms with van der Waals surface area (Å²) in [5.74, 6) is 0.678. The SMILES string of the molecule is CC.[CH2-]CC(C[CH2-])C(C)(C)C.[Rf].[W+2].[W]. The van der Waals surface area contributed by atoms with Crippen molar-refractivity contribution in [1.29, 1.82) is 0 Å². The van der Waals surface area contributed by atoms with Gasteiger partial charge in [-0.2, -0.15) is 12.8 Å². The molecule has 0 aliphatic rings. The second-order valence-corrected chi connectivity index (χ2v) is 3.64. The van der Waals surface area contributed by atoms with Crippen LogP contribution in [0.25, 0.3) is 0 Å². The number of rotatable bonds is 2. The molecule has 0 saturated carbocycles. The molecule has 0 spiro atoms. The largest absolute Gasteiger partial charge is 2.00 e. The third-order valence-corrected chi connectivity index (χ3v) is 1.92. The summed E-state index contributed by atoms with van der Waals surface area (Å²) >= 11 is 0. The summed E-state index contributed by atoms with van der Waals surface area (Å²) in [6, 6.07) is 0. The minimum atomic E-state index is 0. The van der Waals surface area contributed by atoms with E-state index < -0.39 is 0 Å². The molecule has 0 bridgehead atoms. The third-order valence-electron chi connectivity index (χ3n) is 1.92. The van der Waals surface area contributed by atoms with Gasteiger partial charge in [-0.3, -0.25) is 0 Å². The Hall–Kier alpha value is 0.377. The Morgan fingerprint density at radius 1 is 1.00 bits per heavy atom. The van der Waals surface area contributed by atoms with Crippen molar-refractivity contribution in [2.24, 2.45) is 11.3 Å². The molecule has 0 nitrogen and oxygen atoms in total. The molecule has 0 aliphatic carbocycles. The van der Waals surface area contributed by atoms with Gasteiger partial charge in [0.2, 0.25) is 0 Å². The number of hydrogen-bond acceptors (Lipinski definition) is 0. The van der Waals surface area contributed by atoms with Crippen LogP contribution < -0.4 is 0 Å². The second-order valence-electron chi connectivity index (χ2n) is 3.64. The summed E-state index contributed by atoms with van der Waals surface area (Å²) in [7, 11) is 0. The molecule has 0 aromatic heterocycles. The van der Waals surface area contributed by atoms with Gasteiger partial charge in [0.1, 0.15) is 0 Å². The van der Waals surface area contributed by atoms with Gasteiger partial charge in [-0.05, 0) is 5.41 Å². The van der Waals surface area contributed by atoms with Crippen LogP contribution in [0.2, 0.25) is 0 Å². The maximum absolute atomic E-state index is 3.88. The molecule has 0 aromatic carbocycles. The molecule has 0 radical (unpaired) electrons. The first-order valence-electron chi connectivity index (χ1n) is 4.61. The smallest absolute Gasteiger partial charge is 0.343 e. The van der Waals surface area contributed by atoms with Gasteiger partial charge in [-0.1, -0.05) is 40.5 Å². The molecule has 0 unspecified atom stereocenters. The van der Waals surface area contributed by atoms with E-state index in [2.05, 4.69) is 34.6 Å². The summed E-state index contributed by atoms with van der Waals surface area (Å²) in [5, 5.41) is 0. The third kappa shape index (κ3) is 14.9. The fraction of sp³-hybridized carbons (Fsp3) is 0.818. The Labute approximate surface area is 114 Å². The van der Waals surface area contributed by atoms with Gasteiger partial charge < -0.3 is 13.8 Å². The quantitative estimate of drug-likeness (QED) is 0.370. The molecule has 0 rings (SSSR count). The van der Waals surface area contributed by atoms with E-state index in [0.29, 0.717) is 11.3 Å². The van der Waals surface area contributed by atoms with Crippen molar-refractivity contribution in [1.82, 2.24) is 0 Å². The van der Waals surface area contributed by atoms with Crippen molar-refractivity contribution in [2.45, 2.75) is 47.5 Å². The normalized spacial score (nSPS) is 8.57. The molecule has 0 aliphatic heterocycles. The van der Waals surface area contributed by atoms with Crippen molar-refractivity contribution in [3.8, 4) is 0 Å². The van der Waals surface area contributed by atoms with Crippen molar-refractivity contribution in [3.05, 3.63) is 13.8 Å². The Balaban J connectivity index is -0.0000000505. The van der Waals surface area contributed by atoms with E-state index in [9.17, 15) is 0 Å². The monoisotopic (exact) mass is 791 g/mol. The minimum Gasteiger partial charge on any atom is -0.343 e. The number of hydrogen-bond donors (Lipinski definition) is 0. The van der Waals surface area contributed by atoms with Crippen LogP contribution in [0.4, 0.5) is 0 Å². The van der Waals surface area contributed by atoms with E-state index in [4.69, 9.17) is 0 Å². The molecule has 0 heterocycles. The minimum absolute atomic E-state index is 0. The van der Waals surface area contributed by atoms with E-state index >= 15 is 0 Å². The molecule has 0 aromatic rings. The van der Waals surface area contributed by atoms with Crippen LogP contribution in [0.1, 0.15) is 47.5 Å². The molecule has 0 fully saturated rings. The summed E-state index contributed by atoms with van der Waals surface area (Å²) in [4.78, 5) is 0. The average Bonchev–Trinajstić information content (AvgIpc) is 1.92. The summed E-state index contributed by atoms with van der Waals surface area (Å²) in [5.41, 5.74) is 0.392. The zero-order valence-electron chi connectivity index (χ0n) is 10.4. The maximum atomic E-state index is 3.88. The van der Waals surface area contributed by atoms with Gasteiger partial charge in [0.15, 0.2) is 0 Å². The summed E-state index contributed by atoms with van der Waals surface area (Å²) < 4.78 is 0. The second kappa shape index (κ2) is 15.8. The van der Waals surface area contributed by atoms with E-state index in [-0.39, 0.29) is 42.1 Å². The molecule has 0 atom stereocenters. The van der Waals surface area contributed by atoms with Crippen LogP contribution in [0, 0.1) is 25.2 Å². The Bertz CT molecular complexity index is 75.8. The van der Waals surface area contributed by atoms with Crippen LogP contribution >= 0.6 is 0 Å². The zero-order valence-corrected chi connectivity index (χ0v) is 22.7. The van der Waals surface area contributed by atoms with E-state index in [1.54, 1.807) is 0 Å². The molecule has 3 heteroatoms. The van der Waals surface area contributed by atoms with Gasteiger partial charge in [0.25, 0.3) is 0 Å². The standard InChI is InChI=1S/C9H18.C2H6.Rf.2W/c1-6-8(7-2)9(3,4)5;1-2;;;/h8H,1-2,6-7H2,3-5H3;1-2H3;;;/q-2;;;;+2. The first kappa shape index (κ1) is 29.3. The van der Waals surface area contributed by atoms with Crippen LogP contribution in [-0.4, -0.2) is 0 Å². The first-order valence-corrected chi connectivity index (χ1v) is 4.61. The molecular weight excluding hydrogens is 767 g/mol. The van der Waals surface area contributed by atoms with Gasteiger partial charge >= 0.3 is 21.1 Å². The first-order chi connectivity index (χ1) is 5.02. The van der Waals surface area contributed by atoms with E-state index in [1.807, 2.05) is 13.8 Å². The fourth-order valence-electron chi connectivity index (χ4n) is 1.01. The Morgan fingerprint density at radius 2 is 1.21 bits per heavy atom. The van der Waals surface area contributed by atoms with Gasteiger partial charge in [0.05, 0.1) is 0 Å². The van der Waals surface area contributed by atoms with Crippen LogP contribution in [0.15, 0.2) is 0 Å². The van der Waals surface area contributed by atoms with Crippen molar-refractivity contribution in [3.63, 3.8) is 0 Å². The van der Waals surface area contributed by atoms with Crippen molar-refractivity contribution >= 4 is 0 Å². The molecule has 0 N–H and O–H groups in total. The average molecular weight is 791 g/mol. The summed E-state index contributed by atoms with van der Waals surface area (Å²) in [6.07, 6.45) is 2.01. The predicted molar refractivity (Wildman–Crippen MR) is 54.2 cm³/mol. The van der Waals surface area contributed by atoms with Gasteiger partial charge in [-0.15, -0.1) is 0 Å². The molecule has 0 amide bonds. The van der Waals surface area contributed by atoms with Crippen molar-refractivity contribution in [2.75, 3.05) is 0 Å². The van der Waals surface area contributed by atoms with Crippen LogP contribution in [0.3, 0.4) is 0 Å². The van der Waals surface area contributed by atoms with Crippen LogP contribution in [-0.2, 0) is 42.1 Å². The fourth-order valence-corrected chi connectivity index (χ4v) is 1.01. The maximum Gasteiger partial charge on any atom is 2.00 e. The zero-order chi connectivity index (χ0) is 9.49. The van der Waals surface area contributed by atoms with Gasteiger partial charge in [0, 0.05) is 21.1 Å². The molecule has 82 valence electrons. The Kier molecular flexibility index (Phi) is 33.1. The van der Waals surface area contributed by atoms with E-state index in [0.717, 1.165) is 12.8 Å².